The summed E-state index contributed by atoms with van der Waals surface area (Å²) in [5.41, 5.74) is 5.58. The van der Waals surface area contributed by atoms with Gasteiger partial charge in [-0.25, -0.2) is 0 Å². The summed E-state index contributed by atoms with van der Waals surface area (Å²) in [4.78, 5) is 0. The van der Waals surface area contributed by atoms with Gasteiger partial charge in [-0.05, 0) is 6.92 Å². The van der Waals surface area contributed by atoms with Gasteiger partial charge in [0.2, 0.25) is 0 Å². The zero-order valence-corrected chi connectivity index (χ0v) is 7.18. The summed E-state index contributed by atoms with van der Waals surface area (Å²) < 4.78 is 9.85. The predicted molar refractivity (Wildman–Crippen MR) is 41.3 cm³/mol. The van der Waals surface area contributed by atoms with Crippen LogP contribution in [0, 0.1) is 0 Å². The van der Waals surface area contributed by atoms with Crippen molar-refractivity contribution in [1.29, 1.82) is 0 Å². The number of rotatable bonds is 1. The second kappa shape index (κ2) is 3.68. The first kappa shape index (κ1) is 9.88. The zero-order valence-electron chi connectivity index (χ0n) is 7.18. The molecule has 0 aromatic rings. The van der Waals surface area contributed by atoms with Crippen LogP contribution in [0.15, 0.2) is 0 Å². The van der Waals surface area contributed by atoms with Crippen molar-refractivity contribution in [2.75, 3.05) is 7.11 Å². The van der Waals surface area contributed by atoms with E-state index in [1.165, 1.54) is 7.11 Å². The van der Waals surface area contributed by atoms with E-state index in [-0.39, 0.29) is 6.10 Å². The summed E-state index contributed by atoms with van der Waals surface area (Å²) in [6, 6.07) is -0.515. The van der Waals surface area contributed by atoms with Crippen LogP contribution in [-0.4, -0.2) is 48.0 Å². The van der Waals surface area contributed by atoms with Crippen molar-refractivity contribution in [3.63, 3.8) is 0 Å². The molecule has 5 nitrogen and oxygen atoms in total. The van der Waals surface area contributed by atoms with Gasteiger partial charge in [0.05, 0.1) is 12.1 Å². The molecule has 0 aliphatic carbocycles. The average Bonchev–Trinajstić information content (AvgIpc) is 2.01. The van der Waals surface area contributed by atoms with Gasteiger partial charge < -0.3 is 25.4 Å². The van der Waals surface area contributed by atoms with E-state index in [2.05, 4.69) is 0 Å². The minimum Gasteiger partial charge on any atom is -0.388 e. The summed E-state index contributed by atoms with van der Waals surface area (Å²) in [7, 11) is 1.39. The normalized spacial score (nSPS) is 49.2. The number of nitrogens with two attached hydrogens (primary N) is 1. The molecule has 5 heteroatoms. The molecule has 1 aliphatic heterocycles. The number of ether oxygens (including phenoxy) is 2. The van der Waals surface area contributed by atoms with Crippen LogP contribution in [0.3, 0.4) is 0 Å². The number of aliphatic hydroxyl groups excluding tert-OH is 2. The first-order chi connectivity index (χ1) is 5.57. The molecule has 5 atom stereocenters. The molecule has 4 N–H and O–H groups in total. The Morgan fingerprint density at radius 1 is 1.42 bits per heavy atom. The van der Waals surface area contributed by atoms with E-state index in [0.717, 1.165) is 0 Å². The van der Waals surface area contributed by atoms with Crippen molar-refractivity contribution in [3.05, 3.63) is 0 Å². The molecule has 0 saturated carbocycles. The van der Waals surface area contributed by atoms with Crippen molar-refractivity contribution in [2.24, 2.45) is 5.73 Å². The maximum Gasteiger partial charge on any atom is 0.184 e. The second-order valence-corrected chi connectivity index (χ2v) is 3.00. The predicted octanol–water partition coefficient (Wildman–Crippen LogP) is -1.57. The minimum absolute atomic E-state index is 0.360. The Morgan fingerprint density at radius 3 is 2.50 bits per heavy atom. The number of methoxy groups -OCH3 is 1. The first-order valence-corrected chi connectivity index (χ1v) is 3.88. The van der Waals surface area contributed by atoms with Gasteiger partial charge in [-0.15, -0.1) is 0 Å². The Labute approximate surface area is 71.1 Å². The van der Waals surface area contributed by atoms with Crippen molar-refractivity contribution in [2.45, 2.75) is 37.6 Å². The molecule has 1 aliphatic rings. The number of aliphatic hydroxyl groups is 2. The van der Waals surface area contributed by atoms with Crippen LogP contribution in [-0.2, 0) is 9.47 Å². The van der Waals surface area contributed by atoms with Crippen LogP contribution in [0.5, 0.6) is 0 Å². The zero-order chi connectivity index (χ0) is 9.30. The van der Waals surface area contributed by atoms with Crippen LogP contribution in [0.4, 0.5) is 0 Å². The van der Waals surface area contributed by atoms with Gasteiger partial charge in [0.15, 0.2) is 6.29 Å². The molecule has 1 fully saturated rings. The number of hydrogen-bond acceptors (Lipinski definition) is 5. The van der Waals surface area contributed by atoms with Gasteiger partial charge in [0.1, 0.15) is 12.2 Å². The fourth-order valence-electron chi connectivity index (χ4n) is 1.31. The Bertz CT molecular complexity index is 154. The van der Waals surface area contributed by atoms with Crippen molar-refractivity contribution >= 4 is 0 Å². The first-order valence-electron chi connectivity index (χ1n) is 3.88. The lowest BCUT2D eigenvalue weighted by molar-refractivity contribution is -0.256. The van der Waals surface area contributed by atoms with Crippen molar-refractivity contribution in [1.82, 2.24) is 0 Å². The smallest absolute Gasteiger partial charge is 0.184 e. The molecule has 72 valence electrons. The molecule has 0 radical (unpaired) electrons. The summed E-state index contributed by atoms with van der Waals surface area (Å²) in [5.74, 6) is 0. The molecule has 1 saturated heterocycles. The molecular formula is C7H15NO4. The molecule has 0 aromatic carbocycles. The summed E-state index contributed by atoms with van der Waals surface area (Å²) in [6.07, 6.45) is -3.09. The van der Waals surface area contributed by atoms with Crippen molar-refractivity contribution in [3.8, 4) is 0 Å². The Morgan fingerprint density at radius 2 is 2.00 bits per heavy atom. The van der Waals surface area contributed by atoms with E-state index < -0.39 is 24.5 Å². The highest BCUT2D eigenvalue weighted by Gasteiger charge is 2.40. The second-order valence-electron chi connectivity index (χ2n) is 3.00. The third kappa shape index (κ3) is 1.60. The van der Waals surface area contributed by atoms with Crippen molar-refractivity contribution < 1.29 is 19.7 Å². The highest BCUT2D eigenvalue weighted by molar-refractivity contribution is 4.90. The maximum atomic E-state index is 9.49. The topological polar surface area (TPSA) is 84.9 Å². The number of hydrogen-bond donors (Lipinski definition) is 3. The monoisotopic (exact) mass is 177 g/mol. The van der Waals surface area contributed by atoms with Gasteiger partial charge in [0, 0.05) is 7.11 Å². The van der Waals surface area contributed by atoms with E-state index in [0.29, 0.717) is 0 Å². The lowest BCUT2D eigenvalue weighted by Gasteiger charge is -2.39. The molecule has 0 spiro atoms. The summed E-state index contributed by atoms with van der Waals surface area (Å²) in [5, 5.41) is 18.8. The van der Waals surface area contributed by atoms with Gasteiger partial charge >= 0.3 is 0 Å². The fourth-order valence-corrected chi connectivity index (χ4v) is 1.31. The average molecular weight is 177 g/mol. The lowest BCUT2D eigenvalue weighted by Crippen LogP contribution is -2.60. The highest BCUT2D eigenvalue weighted by Crippen LogP contribution is 2.19. The minimum atomic E-state index is -1.10. The van der Waals surface area contributed by atoms with Gasteiger partial charge in [-0.1, -0.05) is 0 Å². The molecular weight excluding hydrogens is 162 g/mol. The SMILES string of the molecule is CO[C@@H]1[C@@H](O)[C@H](N)[C@@H](C)O[C@H]1O. The van der Waals surface area contributed by atoms with Crippen LogP contribution < -0.4 is 5.73 Å². The molecule has 1 rings (SSSR count). The third-order valence-electron chi connectivity index (χ3n) is 2.18. The molecule has 0 unspecified atom stereocenters. The lowest BCUT2D eigenvalue weighted by atomic mass is 9.98. The molecule has 1 heterocycles. The Balaban J connectivity index is 2.65. The molecule has 0 amide bonds. The molecule has 0 aromatic heterocycles. The molecule has 12 heavy (non-hydrogen) atoms. The Hall–Kier alpha value is -0.200. The van der Waals surface area contributed by atoms with E-state index in [1.807, 2.05) is 0 Å². The van der Waals surface area contributed by atoms with Crippen LogP contribution in [0.1, 0.15) is 6.92 Å². The van der Waals surface area contributed by atoms with Gasteiger partial charge in [-0.3, -0.25) is 0 Å². The van der Waals surface area contributed by atoms with Crippen LogP contribution >= 0.6 is 0 Å². The fraction of sp³-hybridized carbons (Fsp3) is 1.00. The quantitative estimate of drug-likeness (QED) is 0.450. The Kier molecular flexibility index (Phi) is 3.03. The third-order valence-corrected chi connectivity index (χ3v) is 2.18. The standard InChI is InChI=1S/C7H15NO4/c1-3-4(8)5(9)6(11-2)7(10)12-3/h3-7,9-10H,8H2,1-2H3/t3-,4-,5+,6-,7-/m1/s1. The van der Waals surface area contributed by atoms with E-state index >= 15 is 0 Å². The largest absolute Gasteiger partial charge is 0.388 e. The van der Waals surface area contributed by atoms with Crippen LogP contribution in [0.25, 0.3) is 0 Å². The van der Waals surface area contributed by atoms with Gasteiger partial charge in [0.25, 0.3) is 0 Å². The molecule has 0 bridgehead atoms. The highest BCUT2D eigenvalue weighted by atomic mass is 16.6. The van der Waals surface area contributed by atoms with E-state index in [1.54, 1.807) is 6.92 Å². The van der Waals surface area contributed by atoms with Gasteiger partial charge in [-0.2, -0.15) is 0 Å². The van der Waals surface area contributed by atoms with Crippen LogP contribution in [0.2, 0.25) is 0 Å². The summed E-state index contributed by atoms with van der Waals surface area (Å²) in [6.45, 7) is 1.70. The van der Waals surface area contributed by atoms with E-state index in [9.17, 15) is 10.2 Å². The maximum absolute atomic E-state index is 9.49. The summed E-state index contributed by atoms with van der Waals surface area (Å²) >= 11 is 0. The van der Waals surface area contributed by atoms with E-state index in [4.69, 9.17) is 15.2 Å².